The number of likely N-dealkylation sites (tertiary alicyclic amines) is 1. The Morgan fingerprint density at radius 3 is 2.68 bits per heavy atom. The minimum atomic E-state index is -0.111. The lowest BCUT2D eigenvalue weighted by Gasteiger charge is -2.40. The number of carbonyl (C=O) groups is 1. The molecule has 1 saturated heterocycles. The number of fused-ring (bicyclic) bond motifs is 1. The molecular formula is C23H33NO4. The Morgan fingerprint density at radius 2 is 2.00 bits per heavy atom. The molecule has 5 heteroatoms. The van der Waals surface area contributed by atoms with Crippen molar-refractivity contribution in [2.24, 2.45) is 5.92 Å². The zero-order valence-electron chi connectivity index (χ0n) is 17.8. The summed E-state index contributed by atoms with van der Waals surface area (Å²) in [4.78, 5) is 14.6. The molecule has 1 aromatic carbocycles. The molecular weight excluding hydrogens is 354 g/mol. The maximum absolute atomic E-state index is 12.3. The highest BCUT2D eigenvalue weighted by Crippen LogP contribution is 2.49. The van der Waals surface area contributed by atoms with Gasteiger partial charge in [-0.1, -0.05) is 26.3 Å². The lowest BCUT2D eigenvalue weighted by atomic mass is 9.68. The van der Waals surface area contributed by atoms with Crippen LogP contribution in [0.4, 0.5) is 0 Å². The van der Waals surface area contributed by atoms with Gasteiger partial charge in [0.2, 0.25) is 0 Å². The van der Waals surface area contributed by atoms with Gasteiger partial charge in [-0.05, 0) is 56.1 Å². The number of ether oxygens (including phenoxy) is 3. The average Bonchev–Trinajstić information content (AvgIpc) is 3.04. The molecule has 2 unspecified atom stereocenters. The molecule has 154 valence electrons. The van der Waals surface area contributed by atoms with Crippen LogP contribution in [0.3, 0.4) is 0 Å². The van der Waals surface area contributed by atoms with Crippen molar-refractivity contribution >= 4 is 5.97 Å². The third-order valence-corrected chi connectivity index (χ3v) is 6.53. The van der Waals surface area contributed by atoms with Gasteiger partial charge in [-0.15, -0.1) is 0 Å². The van der Waals surface area contributed by atoms with Crippen molar-refractivity contribution in [3.63, 3.8) is 0 Å². The number of hydrogen-bond acceptors (Lipinski definition) is 5. The molecule has 1 aliphatic heterocycles. The van der Waals surface area contributed by atoms with Gasteiger partial charge in [0.15, 0.2) is 11.5 Å². The van der Waals surface area contributed by atoms with Crippen LogP contribution in [0.15, 0.2) is 30.0 Å². The van der Waals surface area contributed by atoms with Gasteiger partial charge in [0.1, 0.15) is 5.76 Å². The van der Waals surface area contributed by atoms with Crippen molar-refractivity contribution in [3.8, 4) is 11.5 Å². The summed E-state index contributed by atoms with van der Waals surface area (Å²) in [5.41, 5.74) is 1.28. The van der Waals surface area contributed by atoms with E-state index in [4.69, 9.17) is 14.2 Å². The molecule has 28 heavy (non-hydrogen) atoms. The summed E-state index contributed by atoms with van der Waals surface area (Å²) in [6.07, 6.45) is 6.46. The van der Waals surface area contributed by atoms with Crippen molar-refractivity contribution in [1.82, 2.24) is 4.90 Å². The number of methoxy groups -OCH3 is 2. The highest BCUT2D eigenvalue weighted by molar-refractivity contribution is 5.71. The molecule has 1 aliphatic carbocycles. The highest BCUT2D eigenvalue weighted by atomic mass is 16.5. The Morgan fingerprint density at radius 1 is 1.25 bits per heavy atom. The number of rotatable bonds is 7. The fourth-order valence-corrected chi connectivity index (χ4v) is 4.56. The molecule has 0 aromatic heterocycles. The van der Waals surface area contributed by atoms with Gasteiger partial charge >= 0.3 is 5.97 Å². The first-order valence-corrected chi connectivity index (χ1v) is 10.3. The maximum atomic E-state index is 12.3. The Labute approximate surface area is 168 Å². The van der Waals surface area contributed by atoms with Crippen LogP contribution in [0.5, 0.6) is 11.5 Å². The van der Waals surface area contributed by atoms with Crippen LogP contribution in [0.1, 0.15) is 51.5 Å². The minimum absolute atomic E-state index is 0.0148. The summed E-state index contributed by atoms with van der Waals surface area (Å²) in [5, 5.41) is 0. The smallest absolute Gasteiger partial charge is 0.311 e. The summed E-state index contributed by atoms with van der Waals surface area (Å²) in [5.74, 6) is 2.58. The van der Waals surface area contributed by atoms with Crippen molar-refractivity contribution in [2.45, 2.75) is 57.4 Å². The molecule has 1 fully saturated rings. The molecule has 0 radical (unpaired) electrons. The second-order valence-electron chi connectivity index (χ2n) is 8.23. The van der Waals surface area contributed by atoms with Crippen LogP contribution in [0, 0.1) is 5.92 Å². The number of nitrogens with zero attached hydrogens (tertiary/aromatic N) is 1. The van der Waals surface area contributed by atoms with Crippen LogP contribution in [-0.2, 0) is 14.9 Å². The van der Waals surface area contributed by atoms with E-state index < -0.39 is 0 Å². The predicted molar refractivity (Wildman–Crippen MR) is 110 cm³/mol. The first-order chi connectivity index (χ1) is 13.4. The number of allylic oxidation sites excluding steroid dienone is 1. The van der Waals surface area contributed by atoms with E-state index in [1.165, 1.54) is 5.56 Å². The lowest BCUT2D eigenvalue weighted by molar-refractivity contribution is -0.141. The van der Waals surface area contributed by atoms with Crippen molar-refractivity contribution in [3.05, 3.63) is 35.6 Å². The molecule has 5 nitrogen and oxygen atoms in total. The standard InChI is InChI=1S/C23H33NO4/c1-6-16(2)13-22(25)28-18-9-10-23(11-12-24(3)21(23)15-18)17-7-8-19(26-4)20(14-17)27-5/h7-8,14-16,21H,6,9-13H2,1-5H3/t16?,21-,23?/m0/s1. The van der Waals surface area contributed by atoms with Gasteiger partial charge < -0.3 is 14.2 Å². The van der Waals surface area contributed by atoms with E-state index in [9.17, 15) is 4.79 Å². The zero-order valence-corrected chi connectivity index (χ0v) is 17.8. The Bertz CT molecular complexity index is 744. The Balaban J connectivity index is 1.85. The number of benzene rings is 1. The van der Waals surface area contributed by atoms with Crippen LogP contribution < -0.4 is 9.47 Å². The normalized spacial score (nSPS) is 25.6. The van der Waals surface area contributed by atoms with E-state index >= 15 is 0 Å². The van der Waals surface area contributed by atoms with Crippen molar-refractivity contribution in [1.29, 1.82) is 0 Å². The number of likely N-dealkylation sites (N-methyl/N-ethyl adjacent to an activating group) is 1. The monoisotopic (exact) mass is 387 g/mol. The van der Waals surface area contributed by atoms with E-state index in [1.54, 1.807) is 14.2 Å². The minimum Gasteiger partial charge on any atom is -0.493 e. The summed E-state index contributed by atoms with van der Waals surface area (Å²) in [6.45, 7) is 5.20. The van der Waals surface area contributed by atoms with E-state index in [-0.39, 0.29) is 17.4 Å². The van der Waals surface area contributed by atoms with Crippen LogP contribution in [-0.4, -0.2) is 44.7 Å². The SMILES string of the molecule is CCC(C)CC(=O)OC1=C[C@@H]2N(C)CCC2(c2ccc(OC)c(OC)c2)CC1. The van der Waals surface area contributed by atoms with Gasteiger partial charge in [-0.2, -0.15) is 0 Å². The fraction of sp³-hybridized carbons (Fsp3) is 0.609. The van der Waals surface area contributed by atoms with Gasteiger partial charge in [0, 0.05) is 24.3 Å². The molecule has 1 heterocycles. The van der Waals surface area contributed by atoms with Gasteiger partial charge in [-0.25, -0.2) is 0 Å². The summed E-state index contributed by atoms with van der Waals surface area (Å²) >= 11 is 0. The third kappa shape index (κ3) is 3.90. The van der Waals surface area contributed by atoms with E-state index in [0.717, 1.165) is 49.5 Å². The molecule has 0 bridgehead atoms. The third-order valence-electron chi connectivity index (χ3n) is 6.53. The van der Waals surface area contributed by atoms with E-state index in [1.807, 2.05) is 6.07 Å². The number of hydrogen-bond donors (Lipinski definition) is 0. The maximum Gasteiger partial charge on any atom is 0.311 e. The van der Waals surface area contributed by atoms with Crippen molar-refractivity contribution in [2.75, 3.05) is 27.8 Å². The molecule has 0 saturated carbocycles. The second kappa shape index (κ2) is 8.56. The first kappa shape index (κ1) is 20.7. The molecule has 0 spiro atoms. The molecule has 1 aromatic rings. The van der Waals surface area contributed by atoms with Gasteiger partial charge in [-0.3, -0.25) is 9.69 Å². The lowest BCUT2D eigenvalue weighted by Crippen LogP contribution is -2.42. The van der Waals surface area contributed by atoms with Gasteiger partial charge in [0.05, 0.1) is 14.2 Å². The van der Waals surface area contributed by atoms with E-state index in [2.05, 4.69) is 44.0 Å². The fourth-order valence-electron chi connectivity index (χ4n) is 4.56. The number of esters is 1. The molecule has 3 rings (SSSR count). The topological polar surface area (TPSA) is 48.0 Å². The zero-order chi connectivity index (χ0) is 20.3. The van der Waals surface area contributed by atoms with Gasteiger partial charge in [0.25, 0.3) is 0 Å². The average molecular weight is 388 g/mol. The Hall–Kier alpha value is -2.01. The second-order valence-corrected chi connectivity index (χ2v) is 8.23. The summed E-state index contributed by atoms with van der Waals surface area (Å²) < 4.78 is 16.7. The largest absolute Gasteiger partial charge is 0.493 e. The molecule has 3 atom stereocenters. The van der Waals surface area contributed by atoms with Crippen LogP contribution >= 0.6 is 0 Å². The van der Waals surface area contributed by atoms with Crippen molar-refractivity contribution < 1.29 is 19.0 Å². The molecule has 0 amide bonds. The molecule has 2 aliphatic rings. The van der Waals surface area contributed by atoms with Crippen LogP contribution in [0.2, 0.25) is 0 Å². The first-order valence-electron chi connectivity index (χ1n) is 10.3. The number of carbonyl (C=O) groups excluding carboxylic acids is 1. The Kier molecular flexibility index (Phi) is 6.33. The molecule has 0 N–H and O–H groups in total. The predicted octanol–water partition coefficient (Wildman–Crippen LogP) is 4.30. The van der Waals surface area contributed by atoms with E-state index in [0.29, 0.717) is 12.3 Å². The quantitative estimate of drug-likeness (QED) is 0.653. The summed E-state index contributed by atoms with van der Waals surface area (Å²) in [6, 6.07) is 6.47. The van der Waals surface area contributed by atoms with Crippen LogP contribution in [0.25, 0.3) is 0 Å². The highest BCUT2D eigenvalue weighted by Gasteiger charge is 2.48. The summed E-state index contributed by atoms with van der Waals surface area (Å²) in [7, 11) is 5.48.